The van der Waals surface area contributed by atoms with Crippen molar-refractivity contribution < 1.29 is 9.53 Å². The Morgan fingerprint density at radius 3 is 1.09 bits per heavy atom. The van der Waals surface area contributed by atoms with Crippen molar-refractivity contribution in [1.82, 2.24) is 0 Å². The van der Waals surface area contributed by atoms with Crippen LogP contribution in [0.5, 0.6) is 0 Å². The molecule has 0 saturated carbocycles. The van der Waals surface area contributed by atoms with Gasteiger partial charge in [0.25, 0.3) is 0 Å². The van der Waals surface area contributed by atoms with Crippen molar-refractivity contribution in [3.63, 3.8) is 0 Å². The van der Waals surface area contributed by atoms with E-state index in [1.807, 2.05) is 0 Å². The SMILES string of the molecule is CC(=O)OCC(C)CCCC(C)CCCC(C)CCCCC(C)CCCC(C)CCCC(C)C. The van der Waals surface area contributed by atoms with Gasteiger partial charge in [-0.05, 0) is 41.9 Å². The van der Waals surface area contributed by atoms with Gasteiger partial charge in [-0.2, -0.15) is 0 Å². The molecule has 0 fully saturated rings. The van der Waals surface area contributed by atoms with E-state index in [9.17, 15) is 4.79 Å². The molecule has 0 bridgehead atoms. The third-order valence-electron chi connectivity index (χ3n) is 7.87. The monoisotopic (exact) mass is 480 g/mol. The van der Waals surface area contributed by atoms with Gasteiger partial charge in [-0.25, -0.2) is 0 Å². The number of esters is 1. The number of hydrogen-bond acceptors (Lipinski definition) is 2. The Bertz CT molecular complexity index is 458. The topological polar surface area (TPSA) is 26.3 Å². The summed E-state index contributed by atoms with van der Waals surface area (Å²) >= 11 is 0. The predicted molar refractivity (Wildman–Crippen MR) is 151 cm³/mol. The first-order valence-electron chi connectivity index (χ1n) is 15.2. The van der Waals surface area contributed by atoms with Gasteiger partial charge in [-0.15, -0.1) is 0 Å². The summed E-state index contributed by atoms with van der Waals surface area (Å²) in [6, 6.07) is 0. The first-order valence-corrected chi connectivity index (χ1v) is 15.2. The number of carbonyl (C=O) groups excluding carboxylic acids is 1. The Morgan fingerprint density at radius 1 is 0.471 bits per heavy atom. The van der Waals surface area contributed by atoms with Crippen LogP contribution in [0.25, 0.3) is 0 Å². The van der Waals surface area contributed by atoms with Gasteiger partial charge in [0.2, 0.25) is 0 Å². The molecule has 0 aliphatic carbocycles. The maximum Gasteiger partial charge on any atom is 0.302 e. The van der Waals surface area contributed by atoms with Crippen molar-refractivity contribution in [3.8, 4) is 0 Å². The Labute approximate surface area is 215 Å². The highest BCUT2D eigenvalue weighted by atomic mass is 16.5. The molecule has 34 heavy (non-hydrogen) atoms. The summed E-state index contributed by atoms with van der Waals surface area (Å²) in [5, 5.41) is 0. The fourth-order valence-electron chi connectivity index (χ4n) is 5.22. The molecule has 204 valence electrons. The molecule has 0 aliphatic rings. The average Bonchev–Trinajstić information content (AvgIpc) is 2.75. The lowest BCUT2D eigenvalue weighted by Gasteiger charge is -2.17. The van der Waals surface area contributed by atoms with Crippen molar-refractivity contribution >= 4 is 5.97 Å². The molecule has 0 rings (SSSR count). The van der Waals surface area contributed by atoms with Crippen molar-refractivity contribution in [2.24, 2.45) is 35.5 Å². The molecular weight excluding hydrogens is 416 g/mol. The second-order valence-corrected chi connectivity index (χ2v) is 12.7. The molecule has 0 heterocycles. The lowest BCUT2D eigenvalue weighted by atomic mass is 9.90. The van der Waals surface area contributed by atoms with Gasteiger partial charge in [-0.3, -0.25) is 4.79 Å². The summed E-state index contributed by atoms with van der Waals surface area (Å²) in [7, 11) is 0. The highest BCUT2D eigenvalue weighted by molar-refractivity contribution is 5.65. The summed E-state index contributed by atoms with van der Waals surface area (Å²) in [5.74, 6) is 4.74. The summed E-state index contributed by atoms with van der Waals surface area (Å²) in [4.78, 5) is 10.9. The first kappa shape index (κ1) is 33.5. The standard InChI is InChI=1S/C32H64O2/c1-26(2)15-11-18-29(5)21-12-19-27(3)16-9-10-17-28(4)20-13-22-30(6)23-14-24-31(7)25-34-32(8)33/h26-31H,9-25H2,1-8H3. The minimum Gasteiger partial charge on any atom is -0.466 e. The quantitative estimate of drug-likeness (QED) is 0.107. The zero-order chi connectivity index (χ0) is 25.8. The third kappa shape index (κ3) is 23.2. The van der Waals surface area contributed by atoms with E-state index < -0.39 is 0 Å². The number of rotatable bonds is 23. The molecule has 2 heteroatoms. The number of carbonyl (C=O) groups is 1. The van der Waals surface area contributed by atoms with Gasteiger partial charge in [0.05, 0.1) is 6.61 Å². The Hall–Kier alpha value is -0.530. The molecule has 5 atom stereocenters. The minimum atomic E-state index is -0.156. The Kier molecular flexibility index (Phi) is 21.4. The van der Waals surface area contributed by atoms with Crippen molar-refractivity contribution in [3.05, 3.63) is 0 Å². The second kappa shape index (κ2) is 21.7. The molecule has 5 unspecified atom stereocenters. The molecule has 0 N–H and O–H groups in total. The van der Waals surface area contributed by atoms with Gasteiger partial charge in [-0.1, -0.05) is 145 Å². The minimum absolute atomic E-state index is 0.156. The van der Waals surface area contributed by atoms with Crippen molar-refractivity contribution in [2.75, 3.05) is 6.61 Å². The molecular formula is C32H64O2. The van der Waals surface area contributed by atoms with Crippen LogP contribution in [0.15, 0.2) is 0 Å². The highest BCUT2D eigenvalue weighted by Gasteiger charge is 2.10. The highest BCUT2D eigenvalue weighted by Crippen LogP contribution is 2.24. The Balaban J connectivity index is 3.60. The van der Waals surface area contributed by atoms with Crippen LogP contribution in [0.1, 0.15) is 158 Å². The van der Waals surface area contributed by atoms with E-state index in [-0.39, 0.29) is 5.97 Å². The molecule has 0 aromatic heterocycles. The van der Waals surface area contributed by atoms with Gasteiger partial charge in [0.15, 0.2) is 0 Å². The van der Waals surface area contributed by atoms with Gasteiger partial charge in [0, 0.05) is 6.92 Å². The van der Waals surface area contributed by atoms with Crippen molar-refractivity contribution in [2.45, 2.75) is 158 Å². The number of unbranched alkanes of at least 4 members (excludes halogenated alkanes) is 1. The van der Waals surface area contributed by atoms with Crippen LogP contribution >= 0.6 is 0 Å². The van der Waals surface area contributed by atoms with E-state index in [4.69, 9.17) is 4.74 Å². The van der Waals surface area contributed by atoms with E-state index >= 15 is 0 Å². The number of hydrogen-bond donors (Lipinski definition) is 0. The molecule has 0 aromatic carbocycles. The first-order chi connectivity index (χ1) is 16.1. The van der Waals surface area contributed by atoms with Crippen LogP contribution < -0.4 is 0 Å². The zero-order valence-electron chi connectivity index (χ0n) is 24.8. The molecule has 0 spiro atoms. The van der Waals surface area contributed by atoms with Gasteiger partial charge >= 0.3 is 5.97 Å². The van der Waals surface area contributed by atoms with Crippen LogP contribution in [0.3, 0.4) is 0 Å². The maximum atomic E-state index is 10.9. The van der Waals surface area contributed by atoms with E-state index in [1.165, 1.54) is 110 Å². The number of ether oxygens (including phenoxy) is 1. The van der Waals surface area contributed by atoms with Crippen LogP contribution in [-0.2, 0) is 9.53 Å². The van der Waals surface area contributed by atoms with Crippen LogP contribution in [0, 0.1) is 35.5 Å². The summed E-state index contributed by atoms with van der Waals surface area (Å²) in [6.07, 6.45) is 22.2. The second-order valence-electron chi connectivity index (χ2n) is 12.7. The van der Waals surface area contributed by atoms with Gasteiger partial charge < -0.3 is 4.74 Å². The molecule has 0 amide bonds. The lowest BCUT2D eigenvalue weighted by molar-refractivity contribution is -0.142. The van der Waals surface area contributed by atoms with E-state index in [2.05, 4.69) is 48.5 Å². The largest absolute Gasteiger partial charge is 0.466 e. The predicted octanol–water partition coefficient (Wildman–Crippen LogP) is 10.6. The molecule has 2 nitrogen and oxygen atoms in total. The lowest BCUT2D eigenvalue weighted by Crippen LogP contribution is -2.09. The fraction of sp³-hybridized carbons (Fsp3) is 0.969. The van der Waals surface area contributed by atoms with E-state index in [0.717, 1.165) is 29.6 Å². The van der Waals surface area contributed by atoms with Crippen LogP contribution in [0.4, 0.5) is 0 Å². The molecule has 0 aromatic rings. The normalized spacial score (nSPS) is 16.3. The van der Waals surface area contributed by atoms with Crippen LogP contribution in [-0.4, -0.2) is 12.6 Å². The zero-order valence-corrected chi connectivity index (χ0v) is 24.8. The fourth-order valence-corrected chi connectivity index (χ4v) is 5.22. The molecule has 0 radical (unpaired) electrons. The summed E-state index contributed by atoms with van der Waals surface area (Å²) < 4.78 is 5.11. The maximum absolute atomic E-state index is 10.9. The van der Waals surface area contributed by atoms with E-state index in [0.29, 0.717) is 12.5 Å². The summed E-state index contributed by atoms with van der Waals surface area (Å²) in [5.41, 5.74) is 0. The summed E-state index contributed by atoms with van der Waals surface area (Å²) in [6.45, 7) is 18.8. The molecule has 0 saturated heterocycles. The van der Waals surface area contributed by atoms with E-state index in [1.54, 1.807) is 0 Å². The average molecular weight is 481 g/mol. The Morgan fingerprint density at radius 2 is 0.765 bits per heavy atom. The molecule has 0 aliphatic heterocycles. The van der Waals surface area contributed by atoms with Crippen LogP contribution in [0.2, 0.25) is 0 Å². The van der Waals surface area contributed by atoms with Gasteiger partial charge in [0.1, 0.15) is 0 Å². The van der Waals surface area contributed by atoms with Crippen molar-refractivity contribution in [1.29, 1.82) is 0 Å². The smallest absolute Gasteiger partial charge is 0.302 e. The third-order valence-corrected chi connectivity index (χ3v) is 7.87.